The molecule has 0 aromatic rings. The monoisotopic (exact) mass is 182 g/mol. The van der Waals surface area contributed by atoms with Crippen molar-refractivity contribution in [2.24, 2.45) is 5.92 Å². The first-order chi connectivity index (χ1) is 6.16. The van der Waals surface area contributed by atoms with E-state index in [9.17, 15) is 9.59 Å². The zero-order valence-electron chi connectivity index (χ0n) is 7.99. The highest BCUT2D eigenvalue weighted by Gasteiger charge is 2.49. The van der Waals surface area contributed by atoms with Gasteiger partial charge in [0.05, 0.1) is 0 Å². The maximum atomic E-state index is 11.7. The van der Waals surface area contributed by atoms with Gasteiger partial charge in [-0.25, -0.2) is 4.79 Å². The zero-order chi connectivity index (χ0) is 9.59. The summed E-state index contributed by atoms with van der Waals surface area (Å²) in [4.78, 5) is 26.4. The number of rotatable bonds is 1. The average molecular weight is 182 g/mol. The first-order valence-electron chi connectivity index (χ1n) is 4.78. The lowest BCUT2D eigenvalue weighted by Gasteiger charge is -2.12. The second kappa shape index (κ2) is 2.72. The minimum atomic E-state index is -0.160. The highest BCUT2D eigenvalue weighted by Crippen LogP contribution is 2.31. The highest BCUT2D eigenvalue weighted by molar-refractivity contribution is 6.04. The number of imide groups is 1. The number of fused-ring (bicyclic) bond motifs is 1. The molecule has 0 saturated carbocycles. The van der Waals surface area contributed by atoms with E-state index in [0.717, 1.165) is 13.0 Å². The van der Waals surface area contributed by atoms with Crippen LogP contribution < -0.4 is 0 Å². The van der Waals surface area contributed by atoms with E-state index in [4.69, 9.17) is 0 Å². The number of urea groups is 1. The molecule has 2 atom stereocenters. The van der Waals surface area contributed by atoms with Gasteiger partial charge < -0.3 is 4.90 Å². The van der Waals surface area contributed by atoms with Crippen LogP contribution in [0.2, 0.25) is 0 Å². The fraction of sp³-hybridized carbons (Fsp3) is 0.778. The summed E-state index contributed by atoms with van der Waals surface area (Å²) in [7, 11) is 0. The molecule has 0 aromatic carbocycles. The van der Waals surface area contributed by atoms with Crippen LogP contribution in [0.3, 0.4) is 0 Å². The van der Waals surface area contributed by atoms with Crippen LogP contribution >= 0.6 is 0 Å². The predicted molar refractivity (Wildman–Crippen MR) is 47.1 cm³/mol. The van der Waals surface area contributed by atoms with E-state index in [0.29, 0.717) is 12.5 Å². The molecule has 2 fully saturated rings. The predicted octanol–water partition coefficient (Wildman–Crippen LogP) is 0.679. The number of hydrogen-bond acceptors (Lipinski definition) is 2. The third-order valence-corrected chi connectivity index (χ3v) is 3.01. The highest BCUT2D eigenvalue weighted by atomic mass is 16.2. The Kier molecular flexibility index (Phi) is 1.78. The van der Waals surface area contributed by atoms with Gasteiger partial charge in [-0.05, 0) is 19.3 Å². The molecule has 13 heavy (non-hydrogen) atoms. The van der Waals surface area contributed by atoms with Crippen molar-refractivity contribution in [1.82, 2.24) is 9.80 Å². The number of nitrogens with zero attached hydrogens (tertiary/aromatic N) is 2. The van der Waals surface area contributed by atoms with Crippen molar-refractivity contribution >= 4 is 11.9 Å². The second-order valence-corrected chi connectivity index (χ2v) is 3.77. The van der Waals surface area contributed by atoms with Gasteiger partial charge in [-0.2, -0.15) is 0 Å². The molecule has 2 rings (SSSR count). The summed E-state index contributed by atoms with van der Waals surface area (Å²) < 4.78 is 0. The molecule has 0 N–H and O–H groups in total. The van der Waals surface area contributed by atoms with Crippen LogP contribution in [0.25, 0.3) is 0 Å². The van der Waals surface area contributed by atoms with Crippen LogP contribution in [0.5, 0.6) is 0 Å². The van der Waals surface area contributed by atoms with Gasteiger partial charge in [0.2, 0.25) is 0 Å². The summed E-state index contributed by atoms with van der Waals surface area (Å²) in [5.74, 6) is 0.325. The van der Waals surface area contributed by atoms with Crippen LogP contribution in [0.15, 0.2) is 0 Å². The molecule has 0 radical (unpaired) electrons. The molecule has 72 valence electrons. The topological polar surface area (TPSA) is 40.6 Å². The standard InChI is InChI=1S/C9H14N2O2/c1-3-10-8(12)7-6(2)4-5-11(7)9(10)13/h6-7H,3-5H2,1-2H3. The molecule has 2 aliphatic rings. The molecule has 2 heterocycles. The molecule has 0 spiro atoms. The zero-order valence-corrected chi connectivity index (χ0v) is 7.99. The average Bonchev–Trinajstić information content (AvgIpc) is 2.57. The smallest absolute Gasteiger partial charge is 0.312 e. The SMILES string of the molecule is CCN1C(=O)C2C(C)CCN2C1=O. The van der Waals surface area contributed by atoms with Crippen LogP contribution in [0.4, 0.5) is 4.79 Å². The maximum Gasteiger partial charge on any atom is 0.327 e. The van der Waals surface area contributed by atoms with Crippen molar-refractivity contribution in [2.75, 3.05) is 13.1 Å². The van der Waals surface area contributed by atoms with Gasteiger partial charge in [0.25, 0.3) is 5.91 Å². The number of hydrogen-bond donors (Lipinski definition) is 0. The fourth-order valence-electron chi connectivity index (χ4n) is 2.24. The van der Waals surface area contributed by atoms with E-state index in [1.807, 2.05) is 13.8 Å². The van der Waals surface area contributed by atoms with Crippen LogP contribution in [0.1, 0.15) is 20.3 Å². The molecular weight excluding hydrogens is 168 g/mol. The minimum absolute atomic E-state index is 0.00231. The Morgan fingerprint density at radius 2 is 2.15 bits per heavy atom. The van der Waals surface area contributed by atoms with Crippen molar-refractivity contribution in [1.29, 1.82) is 0 Å². The summed E-state index contributed by atoms with van der Waals surface area (Å²) >= 11 is 0. The van der Waals surface area contributed by atoms with E-state index < -0.39 is 0 Å². The van der Waals surface area contributed by atoms with Gasteiger partial charge in [0.15, 0.2) is 0 Å². The minimum Gasteiger partial charge on any atom is -0.312 e. The quantitative estimate of drug-likeness (QED) is 0.559. The van der Waals surface area contributed by atoms with Gasteiger partial charge in [0, 0.05) is 13.1 Å². The van der Waals surface area contributed by atoms with Crippen molar-refractivity contribution in [3.8, 4) is 0 Å². The normalized spacial score (nSPS) is 33.1. The van der Waals surface area contributed by atoms with E-state index >= 15 is 0 Å². The Bertz CT molecular complexity index is 264. The molecule has 4 heteroatoms. The summed E-state index contributed by atoms with van der Waals surface area (Å²) in [6, 6.07) is -0.255. The van der Waals surface area contributed by atoms with Gasteiger partial charge >= 0.3 is 6.03 Å². The van der Waals surface area contributed by atoms with Crippen LogP contribution in [-0.4, -0.2) is 40.9 Å². The Hall–Kier alpha value is -1.06. The Morgan fingerprint density at radius 1 is 1.46 bits per heavy atom. The van der Waals surface area contributed by atoms with Crippen molar-refractivity contribution in [3.63, 3.8) is 0 Å². The van der Waals surface area contributed by atoms with Crippen molar-refractivity contribution in [3.05, 3.63) is 0 Å². The van der Waals surface area contributed by atoms with Crippen molar-refractivity contribution in [2.45, 2.75) is 26.3 Å². The molecule has 3 amide bonds. The maximum absolute atomic E-state index is 11.7. The van der Waals surface area contributed by atoms with E-state index in [1.165, 1.54) is 4.90 Å². The molecule has 0 aliphatic carbocycles. The Morgan fingerprint density at radius 3 is 2.69 bits per heavy atom. The molecule has 0 bridgehead atoms. The molecule has 2 aliphatic heterocycles. The fourth-order valence-corrected chi connectivity index (χ4v) is 2.24. The third kappa shape index (κ3) is 0.975. The van der Waals surface area contributed by atoms with Gasteiger partial charge in [-0.15, -0.1) is 0 Å². The summed E-state index contributed by atoms with van der Waals surface area (Å²) in [5.41, 5.74) is 0. The number of amides is 3. The molecular formula is C9H14N2O2. The molecule has 2 unspecified atom stereocenters. The van der Waals surface area contributed by atoms with Gasteiger partial charge in [-0.1, -0.05) is 6.92 Å². The summed E-state index contributed by atoms with van der Waals surface area (Å²) in [6.45, 7) is 5.11. The van der Waals surface area contributed by atoms with E-state index in [-0.39, 0.29) is 18.0 Å². The largest absolute Gasteiger partial charge is 0.327 e. The molecule has 2 saturated heterocycles. The van der Waals surface area contributed by atoms with E-state index in [2.05, 4.69) is 0 Å². The lowest BCUT2D eigenvalue weighted by atomic mass is 10.0. The third-order valence-electron chi connectivity index (χ3n) is 3.01. The second-order valence-electron chi connectivity index (χ2n) is 3.77. The van der Waals surface area contributed by atoms with E-state index in [1.54, 1.807) is 4.90 Å². The molecule has 0 aromatic heterocycles. The number of carbonyl (C=O) groups is 2. The van der Waals surface area contributed by atoms with Crippen LogP contribution in [-0.2, 0) is 4.79 Å². The molecule has 4 nitrogen and oxygen atoms in total. The van der Waals surface area contributed by atoms with Gasteiger partial charge in [-0.3, -0.25) is 9.69 Å². The van der Waals surface area contributed by atoms with Crippen LogP contribution in [0, 0.1) is 5.92 Å². The van der Waals surface area contributed by atoms with Gasteiger partial charge in [0.1, 0.15) is 6.04 Å². The first-order valence-corrected chi connectivity index (χ1v) is 4.78. The number of likely N-dealkylation sites (N-methyl/N-ethyl adjacent to an activating group) is 1. The Labute approximate surface area is 77.5 Å². The summed E-state index contributed by atoms with van der Waals surface area (Å²) in [6.07, 6.45) is 0.958. The first kappa shape index (κ1) is 8.53. The number of carbonyl (C=O) groups excluding carboxylic acids is 2. The lowest BCUT2D eigenvalue weighted by Crippen LogP contribution is -2.33. The summed E-state index contributed by atoms with van der Waals surface area (Å²) in [5, 5.41) is 0. The lowest BCUT2D eigenvalue weighted by molar-refractivity contribution is -0.128. The Balaban J connectivity index is 2.28. The van der Waals surface area contributed by atoms with Crippen molar-refractivity contribution < 1.29 is 9.59 Å².